The van der Waals surface area contributed by atoms with Gasteiger partial charge in [0.15, 0.2) is 0 Å². The van der Waals surface area contributed by atoms with Gasteiger partial charge in [-0.2, -0.15) is 5.10 Å². The van der Waals surface area contributed by atoms with E-state index < -0.39 is 0 Å². The molecule has 1 aliphatic rings. The molecule has 4 heteroatoms. The van der Waals surface area contributed by atoms with E-state index >= 15 is 0 Å². The summed E-state index contributed by atoms with van der Waals surface area (Å²) in [6.45, 7) is 3.77. The number of hydrogen-bond acceptors (Lipinski definition) is 3. The first kappa shape index (κ1) is 12.2. The molecule has 0 radical (unpaired) electrons. The lowest BCUT2D eigenvalue weighted by Gasteiger charge is -2.23. The molecule has 1 N–H and O–H groups in total. The van der Waals surface area contributed by atoms with Gasteiger partial charge in [-0.3, -0.25) is 0 Å². The average molecular weight is 257 g/mol. The second-order valence-electron chi connectivity index (χ2n) is 4.95. The van der Waals surface area contributed by atoms with Crippen LogP contribution in [0.5, 0.6) is 0 Å². The number of nitrogens with zero attached hydrogens (tertiary/aromatic N) is 2. The van der Waals surface area contributed by atoms with Gasteiger partial charge in [0.2, 0.25) is 0 Å². The Balaban J connectivity index is 1.79. The highest BCUT2D eigenvalue weighted by Crippen LogP contribution is 2.20. The van der Waals surface area contributed by atoms with Gasteiger partial charge in [0, 0.05) is 12.6 Å². The van der Waals surface area contributed by atoms with Crippen molar-refractivity contribution >= 4 is 5.69 Å². The quantitative estimate of drug-likeness (QED) is 0.919. The summed E-state index contributed by atoms with van der Waals surface area (Å²) in [5, 5.41) is 8.00. The molecule has 2 aromatic rings. The predicted octanol–water partition coefficient (Wildman–Crippen LogP) is 2.77. The first-order chi connectivity index (χ1) is 9.34. The number of hydrogen-bond donors (Lipinski definition) is 1. The summed E-state index contributed by atoms with van der Waals surface area (Å²) in [5.74, 6) is 0. The highest BCUT2D eigenvalue weighted by Gasteiger charge is 2.16. The van der Waals surface area contributed by atoms with Gasteiger partial charge in [-0.05, 0) is 31.9 Å². The van der Waals surface area contributed by atoms with Crippen molar-refractivity contribution in [2.75, 3.05) is 18.5 Å². The number of aromatic nitrogens is 2. The van der Waals surface area contributed by atoms with Crippen molar-refractivity contribution in [3.63, 3.8) is 0 Å². The van der Waals surface area contributed by atoms with Crippen LogP contribution in [0.4, 0.5) is 5.69 Å². The Morgan fingerprint density at radius 2 is 2.16 bits per heavy atom. The number of benzene rings is 1. The first-order valence-corrected chi connectivity index (χ1v) is 6.79. The van der Waals surface area contributed by atoms with Crippen molar-refractivity contribution in [1.29, 1.82) is 0 Å². The smallest absolute Gasteiger partial charge is 0.0763 e. The summed E-state index contributed by atoms with van der Waals surface area (Å²) < 4.78 is 7.46. The second kappa shape index (κ2) is 5.45. The molecule has 0 saturated carbocycles. The van der Waals surface area contributed by atoms with Crippen LogP contribution in [0.1, 0.15) is 18.5 Å². The summed E-state index contributed by atoms with van der Waals surface area (Å²) in [6.07, 6.45) is 4.19. The van der Waals surface area contributed by atoms with E-state index in [-0.39, 0.29) is 0 Å². The van der Waals surface area contributed by atoms with Crippen molar-refractivity contribution in [2.24, 2.45) is 0 Å². The van der Waals surface area contributed by atoms with E-state index in [9.17, 15) is 0 Å². The third-order valence-electron chi connectivity index (χ3n) is 3.53. The maximum atomic E-state index is 5.50. The molecule has 1 atom stereocenters. The maximum absolute atomic E-state index is 5.50. The molecule has 1 aliphatic heterocycles. The van der Waals surface area contributed by atoms with Crippen LogP contribution in [0, 0.1) is 6.92 Å². The first-order valence-electron chi connectivity index (χ1n) is 6.79. The van der Waals surface area contributed by atoms with E-state index in [4.69, 9.17) is 4.74 Å². The Labute approximate surface area is 113 Å². The van der Waals surface area contributed by atoms with Gasteiger partial charge in [0.05, 0.1) is 29.9 Å². The molecule has 3 rings (SSSR count). The molecular weight excluding hydrogens is 238 g/mol. The van der Waals surface area contributed by atoms with E-state index in [1.54, 1.807) is 0 Å². The highest BCUT2D eigenvalue weighted by molar-refractivity contribution is 5.50. The molecule has 1 aromatic heterocycles. The van der Waals surface area contributed by atoms with Crippen LogP contribution in [0.25, 0.3) is 5.69 Å². The van der Waals surface area contributed by atoms with Gasteiger partial charge in [-0.15, -0.1) is 0 Å². The minimum Gasteiger partial charge on any atom is -0.379 e. The minimum atomic E-state index is 0.404. The number of nitrogens with one attached hydrogen (secondary N) is 1. The fourth-order valence-electron chi connectivity index (χ4n) is 2.46. The maximum Gasteiger partial charge on any atom is 0.0763 e. The normalized spacial score (nSPS) is 19.3. The van der Waals surface area contributed by atoms with Gasteiger partial charge >= 0.3 is 0 Å². The molecule has 4 nitrogen and oxygen atoms in total. The molecule has 0 spiro atoms. The molecule has 1 saturated heterocycles. The molecule has 100 valence electrons. The summed E-state index contributed by atoms with van der Waals surface area (Å²) in [4.78, 5) is 0. The molecule has 0 bridgehead atoms. The minimum absolute atomic E-state index is 0.404. The average Bonchev–Trinajstić information content (AvgIpc) is 2.82. The molecule has 0 unspecified atom stereocenters. The zero-order valence-corrected chi connectivity index (χ0v) is 11.2. The van der Waals surface area contributed by atoms with Gasteiger partial charge < -0.3 is 10.1 Å². The van der Waals surface area contributed by atoms with Crippen LogP contribution >= 0.6 is 0 Å². The standard InChI is InChI=1S/C15H19N3O/c1-12-15(17-13-6-5-9-19-11-13)10-16-18(12)14-7-3-2-4-8-14/h2-4,7-8,10,13,17H,5-6,9,11H2,1H3/t13-/m1/s1. The fourth-order valence-corrected chi connectivity index (χ4v) is 2.46. The van der Waals surface area contributed by atoms with Crippen molar-refractivity contribution in [3.05, 3.63) is 42.2 Å². The van der Waals surface area contributed by atoms with E-state index in [0.717, 1.165) is 43.1 Å². The Morgan fingerprint density at radius 1 is 1.32 bits per heavy atom. The van der Waals surface area contributed by atoms with E-state index in [1.807, 2.05) is 29.1 Å². The van der Waals surface area contributed by atoms with Crippen LogP contribution in [-0.2, 0) is 4.74 Å². The van der Waals surface area contributed by atoms with Crippen LogP contribution in [0.3, 0.4) is 0 Å². The van der Waals surface area contributed by atoms with Gasteiger partial charge in [0.1, 0.15) is 0 Å². The Hall–Kier alpha value is -1.81. The van der Waals surface area contributed by atoms with Crippen LogP contribution in [-0.4, -0.2) is 29.0 Å². The SMILES string of the molecule is Cc1c(N[C@@H]2CCCOC2)cnn1-c1ccccc1. The van der Waals surface area contributed by atoms with Crippen LogP contribution in [0.15, 0.2) is 36.5 Å². The number of anilines is 1. The van der Waals surface area contributed by atoms with E-state index in [2.05, 4.69) is 29.5 Å². The monoisotopic (exact) mass is 257 g/mol. The summed E-state index contributed by atoms with van der Waals surface area (Å²) >= 11 is 0. The van der Waals surface area contributed by atoms with E-state index in [0.29, 0.717) is 6.04 Å². The molecular formula is C15H19N3O. The fraction of sp³-hybridized carbons (Fsp3) is 0.400. The Kier molecular flexibility index (Phi) is 3.51. The number of para-hydroxylation sites is 1. The highest BCUT2D eigenvalue weighted by atomic mass is 16.5. The summed E-state index contributed by atoms with van der Waals surface area (Å²) in [6, 6.07) is 10.6. The third kappa shape index (κ3) is 2.63. The summed E-state index contributed by atoms with van der Waals surface area (Å²) in [5.41, 5.74) is 3.32. The van der Waals surface area contributed by atoms with Crippen molar-refractivity contribution < 1.29 is 4.74 Å². The summed E-state index contributed by atoms with van der Waals surface area (Å²) in [7, 11) is 0. The van der Waals surface area contributed by atoms with Crippen molar-refractivity contribution in [3.8, 4) is 5.69 Å². The van der Waals surface area contributed by atoms with Crippen molar-refractivity contribution in [1.82, 2.24) is 9.78 Å². The lowest BCUT2D eigenvalue weighted by Crippen LogP contribution is -2.30. The van der Waals surface area contributed by atoms with E-state index in [1.165, 1.54) is 0 Å². The topological polar surface area (TPSA) is 39.1 Å². The zero-order chi connectivity index (χ0) is 13.1. The number of rotatable bonds is 3. The molecule has 19 heavy (non-hydrogen) atoms. The van der Waals surface area contributed by atoms with Crippen LogP contribution < -0.4 is 5.32 Å². The predicted molar refractivity (Wildman–Crippen MR) is 75.8 cm³/mol. The zero-order valence-electron chi connectivity index (χ0n) is 11.2. The molecule has 0 amide bonds. The van der Waals surface area contributed by atoms with Crippen LogP contribution in [0.2, 0.25) is 0 Å². The largest absolute Gasteiger partial charge is 0.379 e. The van der Waals surface area contributed by atoms with Gasteiger partial charge in [0.25, 0.3) is 0 Å². The Morgan fingerprint density at radius 3 is 2.89 bits per heavy atom. The van der Waals surface area contributed by atoms with Gasteiger partial charge in [-0.1, -0.05) is 18.2 Å². The lowest BCUT2D eigenvalue weighted by atomic mass is 10.1. The third-order valence-corrected chi connectivity index (χ3v) is 3.53. The van der Waals surface area contributed by atoms with Gasteiger partial charge in [-0.25, -0.2) is 4.68 Å². The lowest BCUT2D eigenvalue weighted by molar-refractivity contribution is 0.0876. The molecule has 2 heterocycles. The molecule has 1 fully saturated rings. The number of ether oxygens (including phenoxy) is 1. The second-order valence-corrected chi connectivity index (χ2v) is 4.95. The Bertz CT molecular complexity index is 530. The molecule has 1 aromatic carbocycles. The molecule has 0 aliphatic carbocycles. The van der Waals surface area contributed by atoms with Crippen molar-refractivity contribution in [2.45, 2.75) is 25.8 Å².